The number of fused-ring (bicyclic) bond motifs is 1. The lowest BCUT2D eigenvalue weighted by molar-refractivity contribution is 0.0599. The summed E-state index contributed by atoms with van der Waals surface area (Å²) in [6.07, 6.45) is 0. The smallest absolute Gasteiger partial charge is 0.341 e. The lowest BCUT2D eigenvalue weighted by Crippen LogP contribution is -2.05. The molecule has 0 saturated heterocycles. The second-order valence-electron chi connectivity index (χ2n) is 4.78. The Hall–Kier alpha value is -2.41. The maximum Gasteiger partial charge on any atom is 0.341 e. The van der Waals surface area contributed by atoms with E-state index in [9.17, 15) is 4.79 Å². The Labute approximate surface area is 131 Å². The summed E-state index contributed by atoms with van der Waals surface area (Å²) in [5, 5.41) is 5.13. The molecule has 0 bridgehead atoms. The van der Waals surface area contributed by atoms with Crippen LogP contribution in [0.1, 0.15) is 21.7 Å². The third-order valence-electron chi connectivity index (χ3n) is 3.45. The molecule has 0 aliphatic carbocycles. The summed E-state index contributed by atoms with van der Waals surface area (Å²) in [5.41, 5.74) is 2.70. The average Bonchev–Trinajstić information content (AvgIpc) is 3.06. The second kappa shape index (κ2) is 5.42. The number of ether oxygens (including phenoxy) is 2. The molecule has 0 N–H and O–H groups in total. The molecular weight excluding hydrogens is 302 g/mol. The third kappa shape index (κ3) is 2.23. The number of esters is 1. The van der Waals surface area contributed by atoms with E-state index in [1.54, 1.807) is 18.7 Å². The second-order valence-corrected chi connectivity index (χ2v) is 5.79. The van der Waals surface area contributed by atoms with E-state index in [1.807, 2.05) is 25.1 Å². The summed E-state index contributed by atoms with van der Waals surface area (Å²) in [4.78, 5) is 16.4. The van der Waals surface area contributed by atoms with Crippen molar-refractivity contribution >= 4 is 27.5 Å². The minimum atomic E-state index is -0.385. The molecule has 7 heteroatoms. The Bertz CT molecular complexity index is 866. The van der Waals surface area contributed by atoms with Crippen LogP contribution in [0.3, 0.4) is 0 Å². The van der Waals surface area contributed by atoms with Crippen LogP contribution in [0.25, 0.3) is 15.3 Å². The van der Waals surface area contributed by atoms with Crippen molar-refractivity contribution in [2.75, 3.05) is 14.2 Å². The van der Waals surface area contributed by atoms with E-state index < -0.39 is 0 Å². The van der Waals surface area contributed by atoms with Gasteiger partial charge in [-0.25, -0.2) is 14.5 Å². The normalized spacial score (nSPS) is 10.9. The minimum absolute atomic E-state index is 0.385. The van der Waals surface area contributed by atoms with Crippen molar-refractivity contribution in [2.24, 2.45) is 0 Å². The van der Waals surface area contributed by atoms with Crippen LogP contribution in [0.5, 0.6) is 5.75 Å². The average molecular weight is 317 g/mol. The number of benzene rings is 1. The molecule has 6 nitrogen and oxygen atoms in total. The first-order valence-corrected chi connectivity index (χ1v) is 7.46. The van der Waals surface area contributed by atoms with E-state index in [4.69, 9.17) is 9.47 Å². The third-order valence-corrected chi connectivity index (χ3v) is 4.44. The SMILES string of the molecule is COC(=O)c1c(C)nn(-c2nc3ccc(OC)cc3s2)c1C. The fourth-order valence-corrected chi connectivity index (χ4v) is 3.34. The van der Waals surface area contributed by atoms with Gasteiger partial charge in [-0.15, -0.1) is 0 Å². The fraction of sp³-hybridized carbons (Fsp3) is 0.267. The summed E-state index contributed by atoms with van der Waals surface area (Å²) in [7, 11) is 3.00. The van der Waals surface area contributed by atoms with Crippen LogP contribution >= 0.6 is 11.3 Å². The van der Waals surface area contributed by atoms with Gasteiger partial charge in [-0.1, -0.05) is 11.3 Å². The molecule has 0 amide bonds. The summed E-state index contributed by atoms with van der Waals surface area (Å²) < 4.78 is 12.7. The lowest BCUT2D eigenvalue weighted by Gasteiger charge is -2.00. The number of aryl methyl sites for hydroxylation is 1. The van der Waals surface area contributed by atoms with Gasteiger partial charge in [0.05, 0.1) is 35.8 Å². The molecule has 3 rings (SSSR count). The van der Waals surface area contributed by atoms with Gasteiger partial charge in [-0.2, -0.15) is 5.10 Å². The Morgan fingerprint density at radius 2 is 2.05 bits per heavy atom. The molecule has 22 heavy (non-hydrogen) atoms. The molecule has 0 saturated carbocycles. The maximum absolute atomic E-state index is 11.8. The Kier molecular flexibility index (Phi) is 3.58. The quantitative estimate of drug-likeness (QED) is 0.695. The molecule has 114 valence electrons. The molecule has 2 aromatic heterocycles. The number of hydrogen-bond donors (Lipinski definition) is 0. The summed E-state index contributed by atoms with van der Waals surface area (Å²) in [5.74, 6) is 0.398. The number of aromatic nitrogens is 3. The van der Waals surface area contributed by atoms with Crippen molar-refractivity contribution < 1.29 is 14.3 Å². The van der Waals surface area contributed by atoms with Gasteiger partial charge in [-0.3, -0.25) is 0 Å². The van der Waals surface area contributed by atoms with E-state index in [0.717, 1.165) is 21.7 Å². The molecule has 1 aromatic carbocycles. The summed E-state index contributed by atoms with van der Waals surface area (Å²) in [6, 6.07) is 5.71. The fourth-order valence-electron chi connectivity index (χ4n) is 2.34. The Morgan fingerprint density at radius 1 is 1.27 bits per heavy atom. The molecule has 0 fully saturated rings. The van der Waals surface area contributed by atoms with Crippen molar-refractivity contribution in [3.8, 4) is 10.9 Å². The highest BCUT2D eigenvalue weighted by molar-refractivity contribution is 7.20. The molecule has 2 heterocycles. The van der Waals surface area contributed by atoms with Crippen LogP contribution in [0, 0.1) is 13.8 Å². The van der Waals surface area contributed by atoms with Crippen molar-refractivity contribution in [3.05, 3.63) is 35.2 Å². The molecule has 0 aliphatic heterocycles. The molecule has 0 aliphatic rings. The minimum Gasteiger partial charge on any atom is -0.497 e. The lowest BCUT2D eigenvalue weighted by atomic mass is 10.2. The van der Waals surface area contributed by atoms with E-state index >= 15 is 0 Å². The van der Waals surface area contributed by atoms with Gasteiger partial charge >= 0.3 is 5.97 Å². The molecule has 0 unspecified atom stereocenters. The maximum atomic E-state index is 11.8. The largest absolute Gasteiger partial charge is 0.497 e. The van der Waals surface area contributed by atoms with Crippen molar-refractivity contribution in [3.63, 3.8) is 0 Å². The van der Waals surface area contributed by atoms with Gasteiger partial charge in [0, 0.05) is 0 Å². The molecule has 0 atom stereocenters. The van der Waals surface area contributed by atoms with Gasteiger partial charge in [-0.05, 0) is 32.0 Å². The number of carbonyl (C=O) groups excluding carboxylic acids is 1. The monoisotopic (exact) mass is 317 g/mol. The Balaban J connectivity index is 2.13. The Morgan fingerprint density at radius 3 is 2.73 bits per heavy atom. The number of carbonyl (C=O) groups is 1. The van der Waals surface area contributed by atoms with Crippen LogP contribution < -0.4 is 4.74 Å². The van der Waals surface area contributed by atoms with Crippen LogP contribution in [0.15, 0.2) is 18.2 Å². The predicted octanol–water partition coefficient (Wildman–Crippen LogP) is 2.89. The molecule has 0 radical (unpaired) electrons. The van der Waals surface area contributed by atoms with Gasteiger partial charge < -0.3 is 9.47 Å². The van der Waals surface area contributed by atoms with Crippen molar-refractivity contribution in [1.82, 2.24) is 14.8 Å². The highest BCUT2D eigenvalue weighted by atomic mass is 32.1. The van der Waals surface area contributed by atoms with E-state index in [0.29, 0.717) is 16.4 Å². The molecule has 3 aromatic rings. The first-order chi connectivity index (χ1) is 10.5. The number of nitrogens with zero attached hydrogens (tertiary/aromatic N) is 3. The summed E-state index contributed by atoms with van der Waals surface area (Å²) in [6.45, 7) is 3.62. The zero-order valence-electron chi connectivity index (χ0n) is 12.7. The van der Waals surface area contributed by atoms with E-state index in [-0.39, 0.29) is 5.97 Å². The van der Waals surface area contributed by atoms with Gasteiger partial charge in [0.2, 0.25) is 5.13 Å². The standard InChI is InChI=1S/C15H15N3O3S/c1-8-13(14(19)21-4)9(2)18(17-8)15-16-11-6-5-10(20-3)7-12(11)22-15/h5-7H,1-4H3. The first-order valence-electron chi connectivity index (χ1n) is 6.64. The number of rotatable bonds is 3. The van der Waals surface area contributed by atoms with Crippen LogP contribution in [0.4, 0.5) is 0 Å². The molecule has 0 spiro atoms. The van der Waals surface area contributed by atoms with Gasteiger partial charge in [0.1, 0.15) is 11.3 Å². The van der Waals surface area contributed by atoms with Crippen molar-refractivity contribution in [1.29, 1.82) is 0 Å². The zero-order valence-corrected chi connectivity index (χ0v) is 13.5. The van der Waals surface area contributed by atoms with Crippen LogP contribution in [0.2, 0.25) is 0 Å². The van der Waals surface area contributed by atoms with Crippen LogP contribution in [-0.4, -0.2) is 35.0 Å². The zero-order chi connectivity index (χ0) is 15.9. The van der Waals surface area contributed by atoms with Gasteiger partial charge in [0.25, 0.3) is 0 Å². The highest BCUT2D eigenvalue weighted by Crippen LogP contribution is 2.29. The van der Waals surface area contributed by atoms with Crippen molar-refractivity contribution in [2.45, 2.75) is 13.8 Å². The van der Waals surface area contributed by atoms with Gasteiger partial charge in [0.15, 0.2) is 0 Å². The topological polar surface area (TPSA) is 66.2 Å². The first kappa shape index (κ1) is 14.5. The van der Waals surface area contributed by atoms with E-state index in [2.05, 4.69) is 10.1 Å². The molecular formula is C15H15N3O3S. The number of hydrogen-bond acceptors (Lipinski definition) is 6. The van der Waals surface area contributed by atoms with E-state index in [1.165, 1.54) is 18.4 Å². The van der Waals surface area contributed by atoms with Crippen LogP contribution in [-0.2, 0) is 4.74 Å². The number of methoxy groups -OCH3 is 2. The highest BCUT2D eigenvalue weighted by Gasteiger charge is 2.21. The predicted molar refractivity (Wildman–Crippen MR) is 84.1 cm³/mol. The number of thiazole rings is 1. The summed E-state index contributed by atoms with van der Waals surface area (Å²) >= 11 is 1.49.